The quantitative estimate of drug-likeness (QED) is 0.703. The number of carbonyl (C=O) groups excluding carboxylic acids is 1. The molecule has 1 fully saturated rings. The van der Waals surface area contributed by atoms with Gasteiger partial charge in [-0.1, -0.05) is 87.0 Å². The molecular formula is C25H30O2Si. The molecule has 0 unspecified atom stereocenters. The van der Waals surface area contributed by atoms with Gasteiger partial charge >= 0.3 is 0 Å². The van der Waals surface area contributed by atoms with E-state index in [0.29, 0.717) is 24.2 Å². The number of carbonyl (C=O) groups is 1. The Morgan fingerprint density at radius 1 is 0.964 bits per heavy atom. The second-order valence-electron chi connectivity index (χ2n) is 9.25. The zero-order valence-corrected chi connectivity index (χ0v) is 18.2. The second-order valence-corrected chi connectivity index (χ2v) is 13.6. The summed E-state index contributed by atoms with van der Waals surface area (Å²) >= 11 is 0. The van der Waals surface area contributed by atoms with E-state index in [-0.39, 0.29) is 5.04 Å². The van der Waals surface area contributed by atoms with Crippen molar-refractivity contribution in [3.8, 4) is 0 Å². The third-order valence-electron chi connectivity index (χ3n) is 6.50. The van der Waals surface area contributed by atoms with Crippen molar-refractivity contribution in [2.24, 2.45) is 11.8 Å². The Morgan fingerprint density at radius 2 is 1.54 bits per heavy atom. The molecule has 2 aliphatic carbocycles. The lowest BCUT2D eigenvalue weighted by atomic mass is 9.65. The van der Waals surface area contributed by atoms with Crippen molar-refractivity contribution in [1.82, 2.24) is 0 Å². The van der Waals surface area contributed by atoms with Crippen LogP contribution in [0.2, 0.25) is 5.04 Å². The Kier molecular flexibility index (Phi) is 5.15. The van der Waals surface area contributed by atoms with Crippen molar-refractivity contribution in [1.29, 1.82) is 0 Å². The normalized spacial score (nSPS) is 22.2. The number of ketones is 1. The molecule has 2 aliphatic rings. The lowest BCUT2D eigenvalue weighted by Crippen LogP contribution is -2.67. The van der Waals surface area contributed by atoms with E-state index in [1.54, 1.807) is 0 Å². The van der Waals surface area contributed by atoms with Gasteiger partial charge in [-0.2, -0.15) is 0 Å². The predicted octanol–water partition coefficient (Wildman–Crippen LogP) is 4.49. The van der Waals surface area contributed by atoms with E-state index in [1.807, 2.05) is 6.08 Å². The largest absolute Gasteiger partial charge is 0.407 e. The Labute approximate surface area is 169 Å². The van der Waals surface area contributed by atoms with Crippen LogP contribution in [0.4, 0.5) is 0 Å². The lowest BCUT2D eigenvalue weighted by Gasteiger charge is -2.47. The number of hydrogen-bond donors (Lipinski definition) is 0. The molecule has 2 aromatic carbocycles. The number of hydrogen-bond acceptors (Lipinski definition) is 2. The number of rotatable bonds is 5. The maximum Gasteiger partial charge on any atom is 0.261 e. The molecule has 0 N–H and O–H groups in total. The van der Waals surface area contributed by atoms with E-state index in [2.05, 4.69) is 81.4 Å². The molecule has 0 saturated heterocycles. The van der Waals surface area contributed by atoms with Crippen LogP contribution in [0, 0.1) is 11.8 Å². The zero-order chi connectivity index (χ0) is 19.8. The summed E-state index contributed by atoms with van der Waals surface area (Å²) in [5.41, 5.74) is 1.34. The van der Waals surface area contributed by atoms with Crippen molar-refractivity contribution in [2.75, 3.05) is 6.61 Å². The average molecular weight is 391 g/mol. The van der Waals surface area contributed by atoms with Gasteiger partial charge in [0.15, 0.2) is 5.78 Å². The molecule has 0 heterocycles. The van der Waals surface area contributed by atoms with Crippen LogP contribution in [-0.2, 0) is 9.22 Å². The monoisotopic (exact) mass is 390 g/mol. The molecule has 0 radical (unpaired) electrons. The molecule has 28 heavy (non-hydrogen) atoms. The number of benzene rings is 2. The summed E-state index contributed by atoms with van der Waals surface area (Å²) in [4.78, 5) is 11.9. The summed E-state index contributed by atoms with van der Waals surface area (Å²) in [6.45, 7) is 7.65. The van der Waals surface area contributed by atoms with Gasteiger partial charge in [0.1, 0.15) is 0 Å². The van der Waals surface area contributed by atoms with Crippen LogP contribution in [0.5, 0.6) is 0 Å². The highest BCUT2D eigenvalue weighted by molar-refractivity contribution is 6.99. The molecule has 2 nitrogen and oxygen atoms in total. The molecule has 2 aromatic rings. The fourth-order valence-electron chi connectivity index (χ4n) is 5.03. The van der Waals surface area contributed by atoms with Gasteiger partial charge in [0.2, 0.25) is 0 Å². The Balaban J connectivity index is 1.70. The van der Waals surface area contributed by atoms with Crippen molar-refractivity contribution >= 4 is 24.5 Å². The highest BCUT2D eigenvalue weighted by Gasteiger charge is 2.51. The Morgan fingerprint density at radius 3 is 2.07 bits per heavy atom. The van der Waals surface area contributed by atoms with E-state index in [1.165, 1.54) is 15.9 Å². The number of allylic oxidation sites excluding steroid dienone is 1. The van der Waals surface area contributed by atoms with Crippen LogP contribution in [0.3, 0.4) is 0 Å². The van der Waals surface area contributed by atoms with E-state index in [9.17, 15) is 4.79 Å². The third kappa shape index (κ3) is 3.31. The molecule has 2 atom stereocenters. The minimum absolute atomic E-state index is 0.00434. The smallest absolute Gasteiger partial charge is 0.261 e. The lowest BCUT2D eigenvalue weighted by molar-refractivity contribution is -0.115. The molecule has 146 valence electrons. The van der Waals surface area contributed by atoms with Gasteiger partial charge in [-0.05, 0) is 40.2 Å². The third-order valence-corrected chi connectivity index (χ3v) is 11.5. The Bertz CT molecular complexity index is 825. The molecule has 0 aliphatic heterocycles. The minimum Gasteiger partial charge on any atom is -0.407 e. The summed E-state index contributed by atoms with van der Waals surface area (Å²) in [6.07, 6.45) is 4.82. The van der Waals surface area contributed by atoms with Gasteiger partial charge in [0.05, 0.1) is 0 Å². The number of fused-ring (bicyclic) bond motifs is 1. The fraction of sp³-hybridized carbons (Fsp3) is 0.400. The first-order chi connectivity index (χ1) is 13.4. The maximum atomic E-state index is 11.9. The predicted molar refractivity (Wildman–Crippen MR) is 117 cm³/mol. The highest BCUT2D eigenvalue weighted by Crippen LogP contribution is 2.46. The first kappa shape index (κ1) is 19.3. The van der Waals surface area contributed by atoms with Crippen molar-refractivity contribution in [3.05, 3.63) is 72.3 Å². The summed E-state index contributed by atoms with van der Waals surface area (Å²) in [7, 11) is -2.48. The summed E-state index contributed by atoms with van der Waals surface area (Å²) in [6, 6.07) is 21.6. The van der Waals surface area contributed by atoms with Gasteiger partial charge in [-0.3, -0.25) is 4.79 Å². The molecule has 0 bridgehead atoms. The van der Waals surface area contributed by atoms with Crippen LogP contribution < -0.4 is 10.4 Å². The Hall–Kier alpha value is -1.97. The fourth-order valence-corrected chi connectivity index (χ4v) is 9.64. The summed E-state index contributed by atoms with van der Waals surface area (Å²) in [5, 5.41) is 2.63. The average Bonchev–Trinajstić information content (AvgIpc) is 2.67. The molecule has 1 saturated carbocycles. The minimum atomic E-state index is -2.48. The molecule has 0 spiro atoms. The first-order valence-corrected chi connectivity index (χ1v) is 12.3. The highest BCUT2D eigenvalue weighted by atomic mass is 28.4. The molecular weight excluding hydrogens is 360 g/mol. The van der Waals surface area contributed by atoms with Gasteiger partial charge < -0.3 is 4.43 Å². The molecule has 4 rings (SSSR count). The van der Waals surface area contributed by atoms with Crippen molar-refractivity contribution in [3.63, 3.8) is 0 Å². The van der Waals surface area contributed by atoms with Crippen LogP contribution in [-0.4, -0.2) is 20.7 Å². The van der Waals surface area contributed by atoms with E-state index in [4.69, 9.17) is 4.43 Å². The maximum absolute atomic E-state index is 11.9. The summed E-state index contributed by atoms with van der Waals surface area (Å²) < 4.78 is 7.04. The van der Waals surface area contributed by atoms with Gasteiger partial charge in [0.25, 0.3) is 8.32 Å². The molecule has 0 amide bonds. The topological polar surface area (TPSA) is 26.3 Å². The van der Waals surface area contributed by atoms with Crippen LogP contribution in [0.1, 0.15) is 40.0 Å². The van der Waals surface area contributed by atoms with Crippen LogP contribution in [0.25, 0.3) is 0 Å². The van der Waals surface area contributed by atoms with Crippen LogP contribution >= 0.6 is 0 Å². The zero-order valence-electron chi connectivity index (χ0n) is 17.2. The van der Waals surface area contributed by atoms with Crippen molar-refractivity contribution < 1.29 is 9.22 Å². The van der Waals surface area contributed by atoms with E-state index in [0.717, 1.165) is 19.3 Å². The van der Waals surface area contributed by atoms with Gasteiger partial charge in [-0.25, -0.2) is 0 Å². The summed E-state index contributed by atoms with van der Waals surface area (Å²) in [5.74, 6) is 1.31. The van der Waals surface area contributed by atoms with Crippen molar-refractivity contribution in [2.45, 2.75) is 45.1 Å². The molecule has 0 aromatic heterocycles. The SMILES string of the molecule is CC(C)(C)[Si](OC[C@@H]1C[C@@H]2CCC(=O)C=C12)(c1ccccc1)c1ccccc1. The van der Waals surface area contributed by atoms with E-state index < -0.39 is 8.32 Å². The van der Waals surface area contributed by atoms with E-state index >= 15 is 0 Å². The van der Waals surface area contributed by atoms with Gasteiger partial charge in [-0.15, -0.1) is 0 Å². The first-order valence-electron chi connectivity index (χ1n) is 10.4. The molecule has 3 heteroatoms. The van der Waals surface area contributed by atoms with Gasteiger partial charge in [0, 0.05) is 18.9 Å². The van der Waals surface area contributed by atoms with Crippen LogP contribution in [0.15, 0.2) is 72.3 Å². The standard InChI is InChI=1S/C25H30O2Si/c1-25(2,3)28(22-10-6-4-7-11-22,23-12-8-5-9-13-23)27-18-20-16-19-14-15-21(26)17-24(19)20/h4-13,17,19-20H,14-16,18H2,1-3H3/t19-,20-/m0/s1. The second kappa shape index (κ2) is 7.45.